The Morgan fingerprint density at radius 3 is 2.52 bits per heavy atom. The first-order valence-electron chi connectivity index (χ1n) is 7.60. The summed E-state index contributed by atoms with van der Waals surface area (Å²) >= 11 is 0. The first kappa shape index (κ1) is 17.4. The number of aromatic carboxylic acids is 1. The second-order valence-electron chi connectivity index (χ2n) is 7.08. The minimum atomic E-state index is -1.57. The molecule has 1 aromatic rings. The van der Waals surface area contributed by atoms with Crippen LogP contribution in [0.5, 0.6) is 0 Å². The van der Waals surface area contributed by atoms with Gasteiger partial charge in [-0.05, 0) is 18.9 Å². The second-order valence-corrected chi connectivity index (χ2v) is 7.08. The van der Waals surface area contributed by atoms with Gasteiger partial charge in [0.05, 0.1) is 12.1 Å². The van der Waals surface area contributed by atoms with Gasteiger partial charge in [0.2, 0.25) is 5.91 Å². The zero-order valence-corrected chi connectivity index (χ0v) is 13.6. The fourth-order valence-corrected chi connectivity index (χ4v) is 2.96. The number of nitrogens with zero attached hydrogens (tertiary/aromatic N) is 1. The van der Waals surface area contributed by atoms with Crippen LogP contribution in [0.2, 0.25) is 0 Å². The molecule has 0 bridgehead atoms. The van der Waals surface area contributed by atoms with Crippen LogP contribution in [0.3, 0.4) is 0 Å². The first-order chi connectivity index (χ1) is 10.6. The van der Waals surface area contributed by atoms with E-state index in [4.69, 9.17) is 5.11 Å². The second kappa shape index (κ2) is 5.92. The molecule has 1 amide bonds. The van der Waals surface area contributed by atoms with Gasteiger partial charge in [0.1, 0.15) is 11.4 Å². The van der Waals surface area contributed by atoms with Crippen LogP contribution in [0.1, 0.15) is 49.5 Å². The minimum Gasteiger partial charge on any atom is -0.478 e. The monoisotopic (exact) mass is 323 g/mol. The number of aliphatic hydroxyl groups is 1. The molecule has 1 aromatic carbocycles. The van der Waals surface area contributed by atoms with E-state index < -0.39 is 28.4 Å². The Morgan fingerprint density at radius 1 is 1.30 bits per heavy atom. The molecule has 1 atom stereocenters. The Balaban J connectivity index is 2.37. The average molecular weight is 323 g/mol. The van der Waals surface area contributed by atoms with Crippen LogP contribution in [0.15, 0.2) is 18.2 Å². The summed E-state index contributed by atoms with van der Waals surface area (Å²) in [6, 6.07) is 3.95. The van der Waals surface area contributed by atoms with E-state index in [1.807, 2.05) is 0 Å². The SMILES string of the molecule is CC(C)(C)C(=O)N1CCC[C@](O)(c2cccc(C(=O)O)c2F)C1. The third kappa shape index (κ3) is 3.37. The lowest BCUT2D eigenvalue weighted by Crippen LogP contribution is -2.51. The molecule has 0 spiro atoms. The Morgan fingerprint density at radius 2 is 1.96 bits per heavy atom. The minimum absolute atomic E-state index is 0.0386. The van der Waals surface area contributed by atoms with Crippen molar-refractivity contribution in [3.05, 3.63) is 35.1 Å². The maximum absolute atomic E-state index is 14.5. The number of piperidine rings is 1. The normalized spacial score (nSPS) is 22.0. The number of benzene rings is 1. The van der Waals surface area contributed by atoms with Crippen molar-refractivity contribution in [3.63, 3.8) is 0 Å². The van der Waals surface area contributed by atoms with E-state index in [0.717, 1.165) is 6.07 Å². The highest BCUT2D eigenvalue weighted by Gasteiger charge is 2.41. The summed E-state index contributed by atoms with van der Waals surface area (Å²) in [5.74, 6) is -2.44. The molecule has 1 aliphatic rings. The predicted molar refractivity (Wildman–Crippen MR) is 82.5 cm³/mol. The number of likely N-dealkylation sites (tertiary alicyclic amines) is 1. The fourth-order valence-electron chi connectivity index (χ4n) is 2.96. The van der Waals surface area contributed by atoms with Crippen molar-refractivity contribution in [1.82, 2.24) is 4.90 Å². The Hall–Kier alpha value is -1.95. The van der Waals surface area contributed by atoms with Gasteiger partial charge in [0, 0.05) is 17.5 Å². The molecule has 1 aliphatic heterocycles. The Kier molecular flexibility index (Phi) is 4.48. The van der Waals surface area contributed by atoms with Gasteiger partial charge in [-0.25, -0.2) is 9.18 Å². The van der Waals surface area contributed by atoms with E-state index in [-0.39, 0.29) is 24.4 Å². The van der Waals surface area contributed by atoms with Crippen LogP contribution < -0.4 is 0 Å². The molecule has 1 heterocycles. The lowest BCUT2D eigenvalue weighted by molar-refractivity contribution is -0.147. The summed E-state index contributed by atoms with van der Waals surface area (Å²) in [5, 5.41) is 19.9. The maximum Gasteiger partial charge on any atom is 0.338 e. The maximum atomic E-state index is 14.5. The summed E-state index contributed by atoms with van der Waals surface area (Å²) in [7, 11) is 0. The van der Waals surface area contributed by atoms with E-state index in [0.29, 0.717) is 13.0 Å². The van der Waals surface area contributed by atoms with Crippen LogP contribution in [0.25, 0.3) is 0 Å². The van der Waals surface area contributed by atoms with Crippen molar-refractivity contribution < 1.29 is 24.2 Å². The highest BCUT2D eigenvalue weighted by Crippen LogP contribution is 2.35. The summed E-state index contributed by atoms with van der Waals surface area (Å²) < 4.78 is 14.5. The average Bonchev–Trinajstić information content (AvgIpc) is 2.45. The molecule has 23 heavy (non-hydrogen) atoms. The van der Waals surface area contributed by atoms with Gasteiger partial charge in [-0.3, -0.25) is 4.79 Å². The Labute approximate surface area is 134 Å². The summed E-state index contributed by atoms with van der Waals surface area (Å²) in [5.41, 5.74) is -2.71. The van der Waals surface area contributed by atoms with Gasteiger partial charge >= 0.3 is 5.97 Å². The van der Waals surface area contributed by atoms with Crippen molar-refractivity contribution in [2.45, 2.75) is 39.2 Å². The molecule has 126 valence electrons. The van der Waals surface area contributed by atoms with Crippen LogP contribution in [0.4, 0.5) is 4.39 Å². The highest BCUT2D eigenvalue weighted by atomic mass is 19.1. The molecule has 0 radical (unpaired) electrons. The number of carbonyl (C=O) groups excluding carboxylic acids is 1. The highest BCUT2D eigenvalue weighted by molar-refractivity contribution is 5.88. The van der Waals surface area contributed by atoms with Crippen molar-refractivity contribution in [3.8, 4) is 0 Å². The molecule has 0 aromatic heterocycles. The number of rotatable bonds is 2. The molecule has 2 rings (SSSR count). The molecule has 0 unspecified atom stereocenters. The number of hydrogen-bond donors (Lipinski definition) is 2. The Bertz CT molecular complexity index is 638. The third-order valence-electron chi connectivity index (χ3n) is 4.13. The molecule has 0 saturated carbocycles. The topological polar surface area (TPSA) is 77.8 Å². The largest absolute Gasteiger partial charge is 0.478 e. The van der Waals surface area contributed by atoms with Gasteiger partial charge in [-0.15, -0.1) is 0 Å². The van der Waals surface area contributed by atoms with Crippen molar-refractivity contribution in [2.75, 3.05) is 13.1 Å². The van der Waals surface area contributed by atoms with Gasteiger partial charge < -0.3 is 15.1 Å². The smallest absolute Gasteiger partial charge is 0.338 e. The zero-order valence-electron chi connectivity index (χ0n) is 13.6. The molecule has 2 N–H and O–H groups in total. The molecule has 0 aliphatic carbocycles. The number of hydrogen-bond acceptors (Lipinski definition) is 3. The standard InChI is InChI=1S/C17H22FNO4/c1-16(2,3)15(22)19-9-5-8-17(23,10-19)12-7-4-6-11(13(12)18)14(20)21/h4,6-7,23H,5,8-10H2,1-3H3,(H,20,21)/t17-/m1/s1. The third-order valence-corrected chi connectivity index (χ3v) is 4.13. The molecular weight excluding hydrogens is 301 g/mol. The summed E-state index contributed by atoms with van der Waals surface area (Å²) in [4.78, 5) is 25.0. The van der Waals surface area contributed by atoms with Crippen LogP contribution in [0, 0.1) is 11.2 Å². The lowest BCUT2D eigenvalue weighted by Gasteiger charge is -2.41. The van der Waals surface area contributed by atoms with E-state index >= 15 is 0 Å². The molecule has 1 saturated heterocycles. The van der Waals surface area contributed by atoms with Crippen LogP contribution in [-0.4, -0.2) is 40.1 Å². The van der Waals surface area contributed by atoms with E-state index in [2.05, 4.69) is 0 Å². The van der Waals surface area contributed by atoms with Gasteiger partial charge in [0.25, 0.3) is 0 Å². The predicted octanol–water partition coefficient (Wildman–Crippen LogP) is 2.38. The molecule has 1 fully saturated rings. The lowest BCUT2D eigenvalue weighted by atomic mass is 9.83. The number of halogens is 1. The van der Waals surface area contributed by atoms with Gasteiger partial charge in [-0.2, -0.15) is 0 Å². The number of carbonyl (C=O) groups is 2. The fraction of sp³-hybridized carbons (Fsp3) is 0.529. The number of amides is 1. The van der Waals surface area contributed by atoms with E-state index in [1.165, 1.54) is 17.0 Å². The quantitative estimate of drug-likeness (QED) is 0.876. The van der Waals surface area contributed by atoms with E-state index in [1.54, 1.807) is 20.8 Å². The van der Waals surface area contributed by atoms with Crippen molar-refractivity contribution in [1.29, 1.82) is 0 Å². The number of β-amino-alcohol motifs (C(OH)–C–C–N with tert-alkyl or cyclic N) is 1. The molecule has 5 nitrogen and oxygen atoms in total. The van der Waals surface area contributed by atoms with Crippen molar-refractivity contribution >= 4 is 11.9 Å². The summed E-state index contributed by atoms with van der Waals surface area (Å²) in [6.07, 6.45) is 0.802. The molecule has 6 heteroatoms. The van der Waals surface area contributed by atoms with Gasteiger partial charge in [0.15, 0.2) is 0 Å². The molecular formula is C17H22FNO4. The zero-order chi connectivity index (χ0) is 17.4. The van der Waals surface area contributed by atoms with Crippen LogP contribution >= 0.6 is 0 Å². The van der Waals surface area contributed by atoms with Crippen LogP contribution in [-0.2, 0) is 10.4 Å². The van der Waals surface area contributed by atoms with Gasteiger partial charge in [-0.1, -0.05) is 32.9 Å². The number of carboxylic acids is 1. The van der Waals surface area contributed by atoms with Crippen molar-refractivity contribution in [2.24, 2.45) is 5.41 Å². The first-order valence-corrected chi connectivity index (χ1v) is 7.60. The number of carboxylic acid groups (broad SMARTS) is 1. The van der Waals surface area contributed by atoms with E-state index in [9.17, 15) is 19.1 Å². The summed E-state index contributed by atoms with van der Waals surface area (Å²) in [6.45, 7) is 5.82.